The number of benzene rings is 1. The summed E-state index contributed by atoms with van der Waals surface area (Å²) in [6.07, 6.45) is 6.26. The van der Waals surface area contributed by atoms with E-state index in [1.54, 1.807) is 4.90 Å². The number of likely N-dealkylation sites (tertiary alicyclic amines) is 1. The van der Waals surface area contributed by atoms with Gasteiger partial charge in [-0.05, 0) is 24.5 Å². The molecule has 0 aliphatic carbocycles. The molecule has 0 saturated carbocycles. The second-order valence-corrected chi connectivity index (χ2v) is 6.44. The molecule has 0 unspecified atom stereocenters. The van der Waals surface area contributed by atoms with Crippen molar-refractivity contribution in [1.29, 1.82) is 0 Å². The van der Waals surface area contributed by atoms with Crippen LogP contribution in [-0.4, -0.2) is 56.4 Å². The number of hydrogen-bond acceptors (Lipinski definition) is 3. The Hall–Kier alpha value is -1.85. The average Bonchev–Trinajstić information content (AvgIpc) is 3.10. The molecule has 1 amide bonds. The van der Waals surface area contributed by atoms with Gasteiger partial charge in [0.15, 0.2) is 0 Å². The number of nitrogens with one attached hydrogen (secondary N) is 1. The molecule has 0 spiro atoms. The summed E-state index contributed by atoms with van der Waals surface area (Å²) in [5, 5.41) is 0. The zero-order valence-corrected chi connectivity index (χ0v) is 14.2. The fourth-order valence-corrected chi connectivity index (χ4v) is 3.28. The molecule has 2 aliphatic rings. The van der Waals surface area contributed by atoms with Crippen molar-refractivity contribution in [2.75, 3.05) is 39.4 Å². The Morgan fingerprint density at radius 3 is 2.88 bits per heavy atom. The largest absolute Gasteiger partial charge is 0.445 e. The molecule has 1 aromatic rings. The number of hydrogen-bond donors (Lipinski definition) is 1. The van der Waals surface area contributed by atoms with E-state index in [-0.39, 0.29) is 12.1 Å². The molecule has 1 N–H and O–H groups in total. The van der Waals surface area contributed by atoms with Crippen molar-refractivity contribution in [1.82, 2.24) is 4.90 Å². The maximum atomic E-state index is 12.3. The van der Waals surface area contributed by atoms with E-state index in [0.29, 0.717) is 6.61 Å². The number of rotatable bonds is 5. The van der Waals surface area contributed by atoms with Gasteiger partial charge in [0.2, 0.25) is 0 Å². The van der Waals surface area contributed by atoms with Crippen molar-refractivity contribution >= 4 is 6.09 Å². The van der Waals surface area contributed by atoms with Gasteiger partial charge >= 0.3 is 6.09 Å². The van der Waals surface area contributed by atoms with Crippen LogP contribution in [0.1, 0.15) is 18.4 Å². The Labute approximate surface area is 143 Å². The fourth-order valence-electron chi connectivity index (χ4n) is 3.28. The predicted molar refractivity (Wildman–Crippen MR) is 91.9 cm³/mol. The van der Waals surface area contributed by atoms with Crippen LogP contribution in [0.2, 0.25) is 0 Å². The van der Waals surface area contributed by atoms with Gasteiger partial charge in [-0.3, -0.25) is 0 Å². The highest BCUT2D eigenvalue weighted by molar-refractivity contribution is 5.68. The smallest absolute Gasteiger partial charge is 0.410 e. The van der Waals surface area contributed by atoms with Crippen molar-refractivity contribution in [3.63, 3.8) is 0 Å². The monoisotopic (exact) mass is 331 g/mol. The highest BCUT2D eigenvalue weighted by Crippen LogP contribution is 2.19. The zero-order chi connectivity index (χ0) is 16.6. The van der Waals surface area contributed by atoms with Crippen LogP contribution < -0.4 is 4.90 Å². The molecular formula is C19H27N2O3+. The summed E-state index contributed by atoms with van der Waals surface area (Å²) in [5.74, 6) is 0. The van der Waals surface area contributed by atoms with Gasteiger partial charge in [0, 0.05) is 6.54 Å². The first-order chi connectivity index (χ1) is 11.8. The lowest BCUT2D eigenvalue weighted by molar-refractivity contribution is -0.902. The van der Waals surface area contributed by atoms with E-state index in [1.807, 2.05) is 35.2 Å². The van der Waals surface area contributed by atoms with Gasteiger partial charge in [0.05, 0.1) is 25.8 Å². The summed E-state index contributed by atoms with van der Waals surface area (Å²) in [6.45, 7) is 5.97. The zero-order valence-electron chi connectivity index (χ0n) is 14.2. The van der Waals surface area contributed by atoms with E-state index in [1.165, 1.54) is 0 Å². The van der Waals surface area contributed by atoms with Gasteiger partial charge in [0.25, 0.3) is 0 Å². The molecule has 5 nitrogen and oxygen atoms in total. The summed E-state index contributed by atoms with van der Waals surface area (Å²) in [5.41, 5.74) is 1.02. The summed E-state index contributed by atoms with van der Waals surface area (Å²) in [7, 11) is 0. The fraction of sp³-hybridized carbons (Fsp3) is 0.526. The second kappa shape index (κ2) is 8.85. The third kappa shape index (κ3) is 4.82. The summed E-state index contributed by atoms with van der Waals surface area (Å²) in [4.78, 5) is 15.7. The van der Waals surface area contributed by atoms with Gasteiger partial charge in [-0.15, -0.1) is 0 Å². The molecule has 0 bridgehead atoms. The quantitative estimate of drug-likeness (QED) is 0.826. The third-order valence-corrected chi connectivity index (χ3v) is 4.70. The summed E-state index contributed by atoms with van der Waals surface area (Å²) in [6, 6.07) is 9.99. The standard InChI is InChI=1S/C19H26N2O3/c22-19(24-16-17-6-2-1-3-7-17)21-11-5-9-18(21)8-4-10-20-12-14-23-15-13-20/h1-4,6-8,18H,5,9-16H2/p+1/b8-4+/t18-/m0/s1. The number of ether oxygens (including phenoxy) is 2. The van der Waals surface area contributed by atoms with E-state index in [9.17, 15) is 4.79 Å². The molecule has 130 valence electrons. The Balaban J connectivity index is 1.46. The first-order valence-corrected chi connectivity index (χ1v) is 8.88. The van der Waals surface area contributed by atoms with Crippen LogP contribution in [-0.2, 0) is 16.1 Å². The van der Waals surface area contributed by atoms with Gasteiger partial charge in [0.1, 0.15) is 19.7 Å². The van der Waals surface area contributed by atoms with Crippen molar-refractivity contribution in [2.24, 2.45) is 0 Å². The lowest BCUT2D eigenvalue weighted by atomic mass is 10.2. The minimum Gasteiger partial charge on any atom is -0.445 e. The van der Waals surface area contributed by atoms with Gasteiger partial charge in [-0.25, -0.2) is 4.79 Å². The lowest BCUT2D eigenvalue weighted by Gasteiger charge is -2.23. The van der Waals surface area contributed by atoms with Crippen LogP contribution in [0, 0.1) is 0 Å². The number of nitrogens with zero attached hydrogens (tertiary/aromatic N) is 1. The number of morpholine rings is 1. The minimum absolute atomic E-state index is 0.175. The van der Waals surface area contributed by atoms with Gasteiger partial charge in [-0.1, -0.05) is 36.4 Å². The Morgan fingerprint density at radius 1 is 1.29 bits per heavy atom. The van der Waals surface area contributed by atoms with Crippen LogP contribution in [0.15, 0.2) is 42.5 Å². The maximum Gasteiger partial charge on any atom is 0.410 e. The average molecular weight is 331 g/mol. The molecule has 0 radical (unpaired) electrons. The highest BCUT2D eigenvalue weighted by Gasteiger charge is 2.28. The SMILES string of the molecule is O=C(OCc1ccccc1)N1CCC[C@@H]1/C=C/C[NH+]1CCOCC1. The molecule has 3 rings (SSSR count). The highest BCUT2D eigenvalue weighted by atomic mass is 16.6. The number of amides is 1. The molecular weight excluding hydrogens is 304 g/mol. The Morgan fingerprint density at radius 2 is 2.08 bits per heavy atom. The Bertz CT molecular complexity index is 541. The molecule has 24 heavy (non-hydrogen) atoms. The topological polar surface area (TPSA) is 43.2 Å². The van der Waals surface area contributed by atoms with Crippen LogP contribution in [0.3, 0.4) is 0 Å². The third-order valence-electron chi connectivity index (χ3n) is 4.70. The molecule has 5 heteroatoms. The first kappa shape index (κ1) is 17.0. The van der Waals surface area contributed by atoms with Gasteiger partial charge < -0.3 is 19.3 Å². The molecule has 2 aliphatic heterocycles. The van der Waals surface area contributed by atoms with Crippen LogP contribution in [0.5, 0.6) is 0 Å². The summed E-state index contributed by atoms with van der Waals surface area (Å²) < 4.78 is 10.8. The van der Waals surface area contributed by atoms with Crippen LogP contribution in [0.25, 0.3) is 0 Å². The van der Waals surface area contributed by atoms with Crippen LogP contribution in [0.4, 0.5) is 4.79 Å². The first-order valence-electron chi connectivity index (χ1n) is 8.88. The van der Waals surface area contributed by atoms with E-state index >= 15 is 0 Å². The van der Waals surface area contributed by atoms with Crippen molar-refractivity contribution in [3.05, 3.63) is 48.0 Å². The van der Waals surface area contributed by atoms with Crippen LogP contribution >= 0.6 is 0 Å². The number of quaternary nitrogens is 1. The van der Waals surface area contributed by atoms with E-state index in [0.717, 1.165) is 57.8 Å². The van der Waals surface area contributed by atoms with E-state index in [4.69, 9.17) is 9.47 Å². The predicted octanol–water partition coefficient (Wildman–Crippen LogP) is 1.26. The molecule has 1 atom stereocenters. The molecule has 1 aromatic carbocycles. The normalized spacial score (nSPS) is 22.2. The second-order valence-electron chi connectivity index (χ2n) is 6.44. The Kier molecular flexibility index (Phi) is 6.26. The van der Waals surface area contributed by atoms with Crippen molar-refractivity contribution in [3.8, 4) is 0 Å². The van der Waals surface area contributed by atoms with Crippen molar-refractivity contribution in [2.45, 2.75) is 25.5 Å². The van der Waals surface area contributed by atoms with E-state index < -0.39 is 0 Å². The molecule has 0 aromatic heterocycles. The number of carbonyl (C=O) groups is 1. The molecule has 2 saturated heterocycles. The maximum absolute atomic E-state index is 12.3. The lowest BCUT2D eigenvalue weighted by Crippen LogP contribution is -3.13. The van der Waals surface area contributed by atoms with Crippen molar-refractivity contribution < 1.29 is 19.2 Å². The number of carbonyl (C=O) groups excluding carboxylic acids is 1. The summed E-state index contributed by atoms with van der Waals surface area (Å²) >= 11 is 0. The minimum atomic E-state index is -0.204. The van der Waals surface area contributed by atoms with E-state index in [2.05, 4.69) is 12.2 Å². The molecule has 2 heterocycles. The molecule has 2 fully saturated rings. The van der Waals surface area contributed by atoms with Gasteiger partial charge in [-0.2, -0.15) is 0 Å².